The summed E-state index contributed by atoms with van der Waals surface area (Å²) in [6, 6.07) is 12.7. The van der Waals surface area contributed by atoms with Gasteiger partial charge >= 0.3 is 0 Å². The van der Waals surface area contributed by atoms with Gasteiger partial charge in [-0.15, -0.1) is 0 Å². The quantitative estimate of drug-likeness (QED) is 0.653. The maximum absolute atomic E-state index is 13.4. The first-order valence-corrected chi connectivity index (χ1v) is 10.7. The molecule has 0 spiro atoms. The van der Waals surface area contributed by atoms with E-state index in [-0.39, 0.29) is 12.6 Å². The second kappa shape index (κ2) is 9.67. The van der Waals surface area contributed by atoms with Crippen LogP contribution in [0.15, 0.2) is 42.5 Å². The van der Waals surface area contributed by atoms with Crippen molar-refractivity contribution in [3.8, 4) is 17.2 Å². The average molecular weight is 415 g/mol. The van der Waals surface area contributed by atoms with E-state index in [2.05, 4.69) is 23.9 Å². The highest BCUT2D eigenvalue weighted by molar-refractivity contribution is 5.46. The van der Waals surface area contributed by atoms with Crippen LogP contribution < -0.4 is 14.2 Å². The third-order valence-electron chi connectivity index (χ3n) is 6.00. The predicted molar refractivity (Wildman–Crippen MR) is 115 cm³/mol. The highest BCUT2D eigenvalue weighted by atomic mass is 19.1. The lowest BCUT2D eigenvalue weighted by Gasteiger charge is -2.39. The summed E-state index contributed by atoms with van der Waals surface area (Å²) >= 11 is 0. The third-order valence-corrected chi connectivity index (χ3v) is 6.00. The van der Waals surface area contributed by atoms with Gasteiger partial charge in [0.25, 0.3) is 0 Å². The zero-order valence-electron chi connectivity index (χ0n) is 17.9. The topological polar surface area (TPSA) is 34.2 Å². The number of benzene rings is 2. The Hall–Kier alpha value is -2.31. The van der Waals surface area contributed by atoms with Crippen molar-refractivity contribution in [3.63, 3.8) is 0 Å². The van der Waals surface area contributed by atoms with E-state index >= 15 is 0 Å². The normalized spacial score (nSPS) is 21.2. The minimum Gasteiger partial charge on any atom is -0.493 e. The van der Waals surface area contributed by atoms with Gasteiger partial charge in [0, 0.05) is 18.5 Å². The van der Waals surface area contributed by atoms with E-state index in [1.165, 1.54) is 5.56 Å². The van der Waals surface area contributed by atoms with Gasteiger partial charge in [-0.25, -0.2) is 4.39 Å². The number of nitrogens with zero attached hydrogens (tertiary/aromatic N) is 2. The summed E-state index contributed by atoms with van der Waals surface area (Å²) in [7, 11) is 4.23. The summed E-state index contributed by atoms with van der Waals surface area (Å²) in [6.07, 6.45) is 2.21. The number of halogens is 1. The van der Waals surface area contributed by atoms with Crippen molar-refractivity contribution in [2.75, 3.05) is 53.7 Å². The molecule has 2 heterocycles. The van der Waals surface area contributed by atoms with Gasteiger partial charge in [-0.3, -0.25) is 0 Å². The van der Waals surface area contributed by atoms with E-state index in [1.54, 1.807) is 12.1 Å². The molecule has 6 heteroatoms. The molecule has 2 aromatic carbocycles. The number of rotatable bonds is 8. The van der Waals surface area contributed by atoms with Crippen LogP contribution in [-0.4, -0.2) is 63.5 Å². The molecule has 2 atom stereocenters. The fourth-order valence-electron chi connectivity index (χ4n) is 4.41. The van der Waals surface area contributed by atoms with E-state index in [4.69, 9.17) is 14.2 Å². The first kappa shape index (κ1) is 20.9. The summed E-state index contributed by atoms with van der Waals surface area (Å²) < 4.78 is 30.5. The largest absolute Gasteiger partial charge is 0.493 e. The van der Waals surface area contributed by atoms with Gasteiger partial charge < -0.3 is 24.0 Å². The van der Waals surface area contributed by atoms with E-state index in [1.807, 2.05) is 30.3 Å². The SMILES string of the molecule is CN(C)CCCN1CC[C@@H](c2ccc(F)cc2)[C@H](COc2ccc3c(c2)OCO3)C1. The van der Waals surface area contributed by atoms with Crippen LogP contribution >= 0.6 is 0 Å². The van der Waals surface area contributed by atoms with Crippen molar-refractivity contribution in [2.45, 2.75) is 18.8 Å². The Morgan fingerprint density at radius 2 is 1.90 bits per heavy atom. The molecule has 0 saturated carbocycles. The van der Waals surface area contributed by atoms with Crippen molar-refractivity contribution in [1.82, 2.24) is 9.80 Å². The molecule has 0 N–H and O–H groups in total. The molecular formula is C24H31FN2O3. The summed E-state index contributed by atoms with van der Waals surface area (Å²) in [6.45, 7) is 5.11. The van der Waals surface area contributed by atoms with Crippen molar-refractivity contribution >= 4 is 0 Å². The Kier molecular flexibility index (Phi) is 6.75. The fraction of sp³-hybridized carbons (Fsp3) is 0.500. The minimum absolute atomic E-state index is 0.187. The van der Waals surface area contributed by atoms with Gasteiger partial charge in [-0.05, 0) is 82.3 Å². The van der Waals surface area contributed by atoms with Gasteiger partial charge in [-0.1, -0.05) is 12.1 Å². The molecule has 5 nitrogen and oxygen atoms in total. The molecule has 0 aromatic heterocycles. The van der Waals surface area contributed by atoms with Crippen LogP contribution in [0, 0.1) is 11.7 Å². The first-order chi connectivity index (χ1) is 14.6. The maximum Gasteiger partial charge on any atom is 0.231 e. The van der Waals surface area contributed by atoms with Crippen molar-refractivity contribution < 1.29 is 18.6 Å². The van der Waals surface area contributed by atoms with E-state index in [0.717, 1.165) is 56.3 Å². The Labute approximate surface area is 178 Å². The molecule has 4 rings (SSSR count). The first-order valence-electron chi connectivity index (χ1n) is 10.7. The number of fused-ring (bicyclic) bond motifs is 1. The summed E-state index contributed by atoms with van der Waals surface area (Å²) in [5, 5.41) is 0. The molecule has 30 heavy (non-hydrogen) atoms. The molecule has 0 aliphatic carbocycles. The van der Waals surface area contributed by atoms with Crippen LogP contribution in [-0.2, 0) is 0 Å². The molecule has 2 aromatic rings. The van der Waals surface area contributed by atoms with Gasteiger partial charge in [0.05, 0.1) is 6.61 Å². The highest BCUT2D eigenvalue weighted by Crippen LogP contribution is 2.37. The summed E-state index contributed by atoms with van der Waals surface area (Å²) in [4.78, 5) is 4.77. The second-order valence-electron chi connectivity index (χ2n) is 8.49. The summed E-state index contributed by atoms with van der Waals surface area (Å²) in [5.41, 5.74) is 1.20. The fourth-order valence-corrected chi connectivity index (χ4v) is 4.41. The predicted octanol–water partition coefficient (Wildman–Crippen LogP) is 3.99. The number of piperidine rings is 1. The molecular weight excluding hydrogens is 383 g/mol. The van der Waals surface area contributed by atoms with Gasteiger partial charge in [0.1, 0.15) is 11.6 Å². The lowest BCUT2D eigenvalue weighted by atomic mass is 9.80. The van der Waals surface area contributed by atoms with E-state index in [0.29, 0.717) is 18.4 Å². The smallest absolute Gasteiger partial charge is 0.231 e. The highest BCUT2D eigenvalue weighted by Gasteiger charge is 2.31. The molecule has 1 fully saturated rings. The molecule has 0 bridgehead atoms. The van der Waals surface area contributed by atoms with Crippen LogP contribution in [0.4, 0.5) is 4.39 Å². The zero-order valence-corrected chi connectivity index (χ0v) is 17.9. The molecule has 2 aliphatic heterocycles. The van der Waals surface area contributed by atoms with Crippen molar-refractivity contribution in [1.29, 1.82) is 0 Å². The number of hydrogen-bond donors (Lipinski definition) is 0. The van der Waals surface area contributed by atoms with Crippen LogP contribution in [0.2, 0.25) is 0 Å². The molecule has 1 saturated heterocycles. The monoisotopic (exact) mass is 414 g/mol. The zero-order chi connectivity index (χ0) is 20.9. The minimum atomic E-state index is -0.187. The third kappa shape index (κ3) is 5.24. The van der Waals surface area contributed by atoms with Gasteiger partial charge in [0.15, 0.2) is 11.5 Å². The van der Waals surface area contributed by atoms with E-state index in [9.17, 15) is 4.39 Å². The standard InChI is InChI=1S/C24H31FN2O3/c1-26(2)11-3-12-27-13-10-22(18-4-6-20(25)7-5-18)19(15-27)16-28-21-8-9-23-24(14-21)30-17-29-23/h4-9,14,19,22H,3,10-13,15-17H2,1-2H3/t19-,22-/m0/s1. The van der Waals surface area contributed by atoms with Crippen LogP contribution in [0.5, 0.6) is 17.2 Å². The lowest BCUT2D eigenvalue weighted by molar-refractivity contribution is 0.108. The van der Waals surface area contributed by atoms with E-state index < -0.39 is 0 Å². The number of likely N-dealkylation sites (tertiary alicyclic amines) is 1. The Morgan fingerprint density at radius 1 is 1.10 bits per heavy atom. The molecule has 162 valence electrons. The van der Waals surface area contributed by atoms with Crippen molar-refractivity contribution in [2.24, 2.45) is 5.92 Å². The number of hydrogen-bond acceptors (Lipinski definition) is 5. The van der Waals surface area contributed by atoms with Crippen LogP contribution in [0.3, 0.4) is 0 Å². The van der Waals surface area contributed by atoms with Gasteiger partial charge in [0.2, 0.25) is 6.79 Å². The maximum atomic E-state index is 13.4. The Balaban J connectivity index is 1.42. The molecule has 0 amide bonds. The lowest BCUT2D eigenvalue weighted by Crippen LogP contribution is -2.42. The molecule has 0 radical (unpaired) electrons. The average Bonchev–Trinajstić information content (AvgIpc) is 3.21. The molecule has 0 unspecified atom stereocenters. The van der Waals surface area contributed by atoms with Gasteiger partial charge in [-0.2, -0.15) is 0 Å². The second-order valence-corrected chi connectivity index (χ2v) is 8.49. The Bertz CT molecular complexity index is 828. The van der Waals surface area contributed by atoms with Crippen LogP contribution in [0.1, 0.15) is 24.3 Å². The summed E-state index contributed by atoms with van der Waals surface area (Å²) in [5.74, 6) is 2.81. The van der Waals surface area contributed by atoms with Crippen molar-refractivity contribution in [3.05, 3.63) is 53.8 Å². The van der Waals surface area contributed by atoms with Crippen LogP contribution in [0.25, 0.3) is 0 Å². The number of ether oxygens (including phenoxy) is 3. The molecule has 2 aliphatic rings. The Morgan fingerprint density at radius 3 is 2.70 bits per heavy atom.